The minimum absolute atomic E-state index is 0.279. The van der Waals surface area contributed by atoms with Crippen LogP contribution in [0.5, 0.6) is 0 Å². The molecule has 2 aromatic carbocycles. The zero-order valence-corrected chi connectivity index (χ0v) is 16.3. The van der Waals surface area contributed by atoms with Gasteiger partial charge in [0.15, 0.2) is 11.0 Å². The number of rotatable bonds is 5. The first-order valence-corrected chi connectivity index (χ1v) is 10.6. The minimum atomic E-state index is -0.279. The topological polar surface area (TPSA) is 54.5 Å². The van der Waals surface area contributed by atoms with Crippen molar-refractivity contribution < 1.29 is 4.39 Å². The van der Waals surface area contributed by atoms with Crippen LogP contribution in [0, 0.1) is 17.1 Å². The van der Waals surface area contributed by atoms with Gasteiger partial charge in [-0.1, -0.05) is 61.4 Å². The maximum absolute atomic E-state index is 14.5. The first-order valence-electron chi connectivity index (χ1n) is 9.58. The molecule has 1 fully saturated rings. The fraction of sp³-hybridized carbons (Fsp3) is 0.318. The zero-order valence-electron chi connectivity index (χ0n) is 15.5. The summed E-state index contributed by atoms with van der Waals surface area (Å²) in [6, 6.07) is 16.9. The van der Waals surface area contributed by atoms with Gasteiger partial charge in [0, 0.05) is 11.8 Å². The van der Waals surface area contributed by atoms with E-state index < -0.39 is 0 Å². The third-order valence-electron chi connectivity index (χ3n) is 5.21. The zero-order chi connectivity index (χ0) is 19.3. The van der Waals surface area contributed by atoms with E-state index >= 15 is 0 Å². The Bertz CT molecular complexity index is 1000. The Hall–Kier alpha value is -2.65. The van der Waals surface area contributed by atoms with Gasteiger partial charge in [0.2, 0.25) is 0 Å². The van der Waals surface area contributed by atoms with E-state index in [1.54, 1.807) is 23.9 Å². The predicted octanol–water partition coefficient (Wildman–Crippen LogP) is 5.75. The molecule has 142 valence electrons. The standard InChI is InChI=1S/C22H21FN4S/c23-20-13-7-6-12-19(20)21-25-26-22(27(21)18-10-2-1-3-11-18)28-15-17-9-5-4-8-16(17)14-24/h4-9,12-13,18H,1-3,10-11,15H2. The van der Waals surface area contributed by atoms with Gasteiger partial charge >= 0.3 is 0 Å². The van der Waals surface area contributed by atoms with Gasteiger partial charge in [-0.2, -0.15) is 5.26 Å². The Labute approximate surface area is 168 Å². The fourth-order valence-electron chi connectivity index (χ4n) is 3.77. The number of nitrogens with zero attached hydrogens (tertiary/aromatic N) is 4. The molecule has 3 aromatic rings. The number of thioether (sulfide) groups is 1. The van der Waals surface area contributed by atoms with E-state index in [1.165, 1.54) is 25.3 Å². The second-order valence-corrected chi connectivity index (χ2v) is 7.95. The summed E-state index contributed by atoms with van der Waals surface area (Å²) >= 11 is 1.56. The normalized spacial score (nSPS) is 14.7. The first-order chi connectivity index (χ1) is 13.8. The largest absolute Gasteiger partial charge is 0.299 e. The third-order valence-corrected chi connectivity index (χ3v) is 6.21. The van der Waals surface area contributed by atoms with Crippen molar-refractivity contribution in [2.24, 2.45) is 0 Å². The van der Waals surface area contributed by atoms with Crippen molar-refractivity contribution >= 4 is 11.8 Å². The van der Waals surface area contributed by atoms with Crippen LogP contribution in [-0.4, -0.2) is 14.8 Å². The first kappa shape index (κ1) is 18.7. The third kappa shape index (κ3) is 3.81. The summed E-state index contributed by atoms with van der Waals surface area (Å²) in [5.74, 6) is 0.950. The number of hydrogen-bond acceptors (Lipinski definition) is 4. The van der Waals surface area contributed by atoms with Crippen molar-refractivity contribution in [2.45, 2.75) is 49.1 Å². The van der Waals surface area contributed by atoms with Gasteiger partial charge < -0.3 is 0 Å². The van der Waals surface area contributed by atoms with Crippen molar-refractivity contribution in [3.63, 3.8) is 0 Å². The van der Waals surface area contributed by atoms with Crippen LogP contribution in [0.15, 0.2) is 53.7 Å². The summed E-state index contributed by atoms with van der Waals surface area (Å²) in [6.07, 6.45) is 5.69. The van der Waals surface area contributed by atoms with Gasteiger partial charge in [0.05, 0.1) is 17.2 Å². The maximum Gasteiger partial charge on any atom is 0.192 e. The van der Waals surface area contributed by atoms with E-state index in [2.05, 4.69) is 20.8 Å². The molecule has 0 unspecified atom stereocenters. The van der Waals surface area contributed by atoms with Crippen molar-refractivity contribution in [1.29, 1.82) is 5.26 Å². The highest BCUT2D eigenvalue weighted by atomic mass is 32.2. The van der Waals surface area contributed by atoms with Crippen molar-refractivity contribution in [2.75, 3.05) is 0 Å². The van der Waals surface area contributed by atoms with Crippen LogP contribution in [0.3, 0.4) is 0 Å². The maximum atomic E-state index is 14.5. The van der Waals surface area contributed by atoms with Crippen LogP contribution < -0.4 is 0 Å². The molecule has 4 rings (SSSR count). The highest BCUT2D eigenvalue weighted by Gasteiger charge is 2.25. The summed E-state index contributed by atoms with van der Waals surface area (Å²) in [4.78, 5) is 0. The van der Waals surface area contributed by atoms with E-state index in [0.29, 0.717) is 22.7 Å². The van der Waals surface area contributed by atoms with Crippen LogP contribution in [0.25, 0.3) is 11.4 Å². The van der Waals surface area contributed by atoms with Crippen LogP contribution >= 0.6 is 11.8 Å². The van der Waals surface area contributed by atoms with Crippen LogP contribution in [-0.2, 0) is 5.75 Å². The molecule has 0 bridgehead atoms. The Morgan fingerprint density at radius 2 is 1.79 bits per heavy atom. The molecular formula is C22H21FN4S. The van der Waals surface area contributed by atoms with E-state index in [1.807, 2.05) is 30.3 Å². The Balaban J connectivity index is 1.69. The number of halogens is 1. The lowest BCUT2D eigenvalue weighted by molar-refractivity contribution is 0.339. The molecule has 1 aliphatic carbocycles. The van der Waals surface area contributed by atoms with Gasteiger partial charge in [0.25, 0.3) is 0 Å². The Kier molecular flexibility index (Phi) is 5.73. The summed E-state index contributed by atoms with van der Waals surface area (Å²) in [6.45, 7) is 0. The summed E-state index contributed by atoms with van der Waals surface area (Å²) in [7, 11) is 0. The van der Waals surface area contributed by atoms with E-state index in [0.717, 1.165) is 23.6 Å². The molecule has 1 heterocycles. The SMILES string of the molecule is N#Cc1ccccc1CSc1nnc(-c2ccccc2F)n1C1CCCCC1. The van der Waals surface area contributed by atoms with E-state index in [9.17, 15) is 9.65 Å². The summed E-state index contributed by atoms with van der Waals surface area (Å²) in [5.41, 5.74) is 2.14. The molecule has 0 amide bonds. The second-order valence-electron chi connectivity index (χ2n) is 7.01. The molecule has 0 aliphatic heterocycles. The van der Waals surface area contributed by atoms with Gasteiger partial charge in [0.1, 0.15) is 5.82 Å². The van der Waals surface area contributed by atoms with Gasteiger partial charge in [-0.3, -0.25) is 4.57 Å². The van der Waals surface area contributed by atoms with Gasteiger partial charge in [-0.15, -0.1) is 10.2 Å². The number of aromatic nitrogens is 3. The second kappa shape index (κ2) is 8.57. The number of benzene rings is 2. The van der Waals surface area contributed by atoms with Gasteiger partial charge in [-0.05, 0) is 36.6 Å². The van der Waals surface area contributed by atoms with Crippen LogP contribution in [0.2, 0.25) is 0 Å². The molecule has 0 atom stereocenters. The average molecular weight is 393 g/mol. The monoisotopic (exact) mass is 392 g/mol. The van der Waals surface area contributed by atoms with Crippen molar-refractivity contribution in [3.05, 3.63) is 65.5 Å². The smallest absolute Gasteiger partial charge is 0.192 e. The highest BCUT2D eigenvalue weighted by Crippen LogP contribution is 2.37. The van der Waals surface area contributed by atoms with Crippen LogP contribution in [0.1, 0.15) is 49.3 Å². The molecule has 0 radical (unpaired) electrons. The lowest BCUT2D eigenvalue weighted by Gasteiger charge is -2.25. The molecule has 4 nitrogen and oxygen atoms in total. The lowest BCUT2D eigenvalue weighted by atomic mass is 9.95. The molecule has 0 spiro atoms. The minimum Gasteiger partial charge on any atom is -0.299 e. The molecule has 1 aromatic heterocycles. The number of nitriles is 1. The fourth-order valence-corrected chi connectivity index (χ4v) is 4.78. The predicted molar refractivity (Wildman–Crippen MR) is 108 cm³/mol. The molecule has 0 N–H and O–H groups in total. The number of hydrogen-bond donors (Lipinski definition) is 0. The quantitative estimate of drug-likeness (QED) is 0.519. The average Bonchev–Trinajstić information content (AvgIpc) is 3.17. The van der Waals surface area contributed by atoms with E-state index in [-0.39, 0.29) is 11.9 Å². The van der Waals surface area contributed by atoms with Crippen LogP contribution in [0.4, 0.5) is 4.39 Å². The van der Waals surface area contributed by atoms with E-state index in [4.69, 9.17) is 0 Å². The molecule has 6 heteroatoms. The Morgan fingerprint density at radius 3 is 2.57 bits per heavy atom. The molecular weight excluding hydrogens is 371 g/mol. The molecule has 28 heavy (non-hydrogen) atoms. The molecule has 1 saturated carbocycles. The van der Waals surface area contributed by atoms with Crippen molar-refractivity contribution in [3.8, 4) is 17.5 Å². The molecule has 1 aliphatic rings. The van der Waals surface area contributed by atoms with Crippen molar-refractivity contribution in [1.82, 2.24) is 14.8 Å². The summed E-state index contributed by atoms with van der Waals surface area (Å²) in [5, 5.41) is 18.9. The highest BCUT2D eigenvalue weighted by molar-refractivity contribution is 7.98. The summed E-state index contributed by atoms with van der Waals surface area (Å²) < 4.78 is 16.6. The lowest BCUT2D eigenvalue weighted by Crippen LogP contribution is -2.15. The molecule has 0 saturated heterocycles. The Morgan fingerprint density at radius 1 is 1.04 bits per heavy atom. The van der Waals surface area contributed by atoms with Gasteiger partial charge in [-0.25, -0.2) is 4.39 Å².